The Morgan fingerprint density at radius 1 is 0.859 bits per heavy atom. The Morgan fingerprint density at radius 3 is 2.42 bits per heavy atom. The highest BCUT2D eigenvalue weighted by molar-refractivity contribution is 6.25. The van der Waals surface area contributed by atoms with Crippen LogP contribution >= 0.6 is 0 Å². The van der Waals surface area contributed by atoms with Crippen LogP contribution in [-0.2, 0) is 34.0 Å². The van der Waals surface area contributed by atoms with Crippen molar-refractivity contribution in [3.8, 4) is 11.5 Å². The summed E-state index contributed by atoms with van der Waals surface area (Å²) in [6, 6.07) is 12.1. The number of hydrogen-bond donors (Lipinski definition) is 3. The summed E-state index contributed by atoms with van der Waals surface area (Å²) in [6.07, 6.45) is 7.51. The summed E-state index contributed by atoms with van der Waals surface area (Å²) in [5, 5.41) is 16.9. The molecule has 21 nitrogen and oxygen atoms in total. The van der Waals surface area contributed by atoms with Gasteiger partial charge in [0.25, 0.3) is 17.7 Å². The van der Waals surface area contributed by atoms with Crippen molar-refractivity contribution in [2.45, 2.75) is 96.9 Å². The summed E-state index contributed by atoms with van der Waals surface area (Å²) in [5.41, 5.74) is 4.29. The minimum absolute atomic E-state index is 0. The van der Waals surface area contributed by atoms with Crippen molar-refractivity contribution >= 4 is 52.8 Å². The normalized spacial score (nSPS) is 19.4. The Morgan fingerprint density at radius 2 is 1.65 bits per heavy atom. The lowest BCUT2D eigenvalue weighted by Crippen LogP contribution is -2.54. The first-order chi connectivity index (χ1) is 34.0. The number of aromatic nitrogens is 5. The number of unbranched alkanes of at least 4 members (excludes halogenated alkanes) is 2. The Labute approximate surface area is 413 Å². The molecule has 0 radical (unpaired) electrons. The number of hydrogen-bond acceptors (Lipinski definition) is 15. The summed E-state index contributed by atoms with van der Waals surface area (Å²) < 4.78 is 1.93. The quantitative estimate of drug-likeness (QED) is 0.0850. The first-order valence-corrected chi connectivity index (χ1v) is 24.9. The zero-order valence-electron chi connectivity index (χ0n) is 41.0. The molecule has 2 atom stereocenters. The second-order valence-corrected chi connectivity index (χ2v) is 19.1. The van der Waals surface area contributed by atoms with Crippen LogP contribution in [0.25, 0.3) is 11.5 Å². The van der Waals surface area contributed by atoms with Gasteiger partial charge in [-0.1, -0.05) is 12.1 Å². The number of nitrogens with one attached hydrogen (secondary N) is 3. The smallest absolute Gasteiger partial charge is 0.264 e. The highest BCUT2D eigenvalue weighted by Gasteiger charge is 2.45. The van der Waals surface area contributed by atoms with Gasteiger partial charge in [0.15, 0.2) is 5.82 Å². The zero-order chi connectivity index (χ0) is 48.9. The molecule has 71 heavy (non-hydrogen) atoms. The number of anilines is 3. The zero-order valence-corrected chi connectivity index (χ0v) is 41.0. The molecule has 0 saturated carbocycles. The van der Waals surface area contributed by atoms with Gasteiger partial charge in [0.05, 0.1) is 35.5 Å². The lowest BCUT2D eigenvalue weighted by molar-refractivity contribution is -0.136. The van der Waals surface area contributed by atoms with E-state index < -0.39 is 29.7 Å². The molecule has 5 aliphatic rings. The molecule has 8 heterocycles. The minimum Gasteiger partial charge on any atom is -0.412 e. The van der Waals surface area contributed by atoms with E-state index in [9.17, 15) is 28.8 Å². The predicted octanol–water partition coefficient (Wildman–Crippen LogP) is 2.32. The number of aryl methyl sites for hydroxylation is 1. The molecule has 3 saturated heterocycles. The van der Waals surface area contributed by atoms with Crippen LogP contribution in [0.1, 0.15) is 108 Å². The van der Waals surface area contributed by atoms with Gasteiger partial charge < -0.3 is 35.4 Å². The Bertz CT molecular complexity index is 2630. The molecular formula is C50H66N14O7. The van der Waals surface area contributed by atoms with Gasteiger partial charge in [0, 0.05) is 82.6 Å². The fraction of sp³-hybridized carbons (Fsp3) is 0.520. The van der Waals surface area contributed by atoms with Gasteiger partial charge in [-0.2, -0.15) is 0 Å². The van der Waals surface area contributed by atoms with E-state index in [1.165, 1.54) is 0 Å². The van der Waals surface area contributed by atoms with Crippen molar-refractivity contribution in [3.63, 3.8) is 0 Å². The summed E-state index contributed by atoms with van der Waals surface area (Å²) in [4.78, 5) is 99.8. The summed E-state index contributed by atoms with van der Waals surface area (Å²) in [6.45, 7) is 13.7. The first kappa shape index (κ1) is 50.7. The number of benzene rings is 1. The van der Waals surface area contributed by atoms with E-state index >= 15 is 0 Å². The maximum atomic E-state index is 14.2. The maximum absolute atomic E-state index is 14.2. The van der Waals surface area contributed by atoms with Crippen LogP contribution in [0.3, 0.4) is 0 Å². The molecule has 1 unspecified atom stereocenters. The standard InChI is InChI=1S/C50H64N14O6.H2O/c1-4-61-32-53-57-46(61)38-15-9-16-41(54-38)63-29-36-35(48(63)68)28-42(62-23-10-12-33(62)2)55-39(36)30-58(3)21-11-22-59-24-26-60(27-25-59)31-44(66)52-20-7-5-6-19-51-37-14-8-13-34-45(37)50(70)64(49(34)69)40-17-18-43(65)56-47(40)67;/h8-9,13-16,28,32-33,40,51H,4-7,10-12,17-27,29-31H2,1-3H3,(H,52,66)(H,56,65,67);1H2/t33-,40?;/m1./s1. The number of carbonyl (C=O) groups excluding carboxylic acids is 6. The highest BCUT2D eigenvalue weighted by atomic mass is 16.2. The SMILES string of the molecule is CCn1cnnc1-c1cccc(N2Cc3c(cc(N4CCC[C@H]4C)nc3CN(C)CCCN3CCN(CC(=O)NCCCCCNc4cccc5c4C(=O)N(C4CCC(=O)NC4=O)C5=O)CC3)C2=O)n1.O. The number of pyridine rings is 2. The highest BCUT2D eigenvalue weighted by Crippen LogP contribution is 2.36. The average Bonchev–Trinajstić information content (AvgIpc) is 4.15. The van der Waals surface area contributed by atoms with E-state index in [4.69, 9.17) is 9.97 Å². The van der Waals surface area contributed by atoms with E-state index in [1.807, 2.05) is 35.8 Å². The number of imide groups is 2. The van der Waals surface area contributed by atoms with Crippen molar-refractivity contribution in [2.24, 2.45) is 0 Å². The molecule has 5 aliphatic heterocycles. The lowest BCUT2D eigenvalue weighted by atomic mass is 10.0. The average molecular weight is 975 g/mol. The third kappa shape index (κ3) is 11.1. The molecular weight excluding hydrogens is 909 g/mol. The van der Waals surface area contributed by atoms with Crippen LogP contribution in [-0.4, -0.2) is 170 Å². The van der Waals surface area contributed by atoms with E-state index in [2.05, 4.69) is 59.7 Å². The molecule has 21 heteroatoms. The molecule has 5 N–H and O–H groups in total. The lowest BCUT2D eigenvalue weighted by Gasteiger charge is -2.34. The molecule has 6 amide bonds. The summed E-state index contributed by atoms with van der Waals surface area (Å²) in [7, 11) is 2.13. The van der Waals surface area contributed by atoms with Gasteiger partial charge in [0.1, 0.15) is 29.7 Å². The number of carbonyl (C=O) groups is 6. The first-order valence-electron chi connectivity index (χ1n) is 24.9. The van der Waals surface area contributed by atoms with Gasteiger partial charge in [-0.3, -0.25) is 48.8 Å². The fourth-order valence-corrected chi connectivity index (χ4v) is 10.3. The van der Waals surface area contributed by atoms with Crippen LogP contribution in [0.2, 0.25) is 0 Å². The van der Waals surface area contributed by atoms with E-state index in [0.717, 1.165) is 106 Å². The van der Waals surface area contributed by atoms with E-state index in [-0.39, 0.29) is 41.3 Å². The minimum atomic E-state index is -1.01. The Balaban J connectivity index is 0.00000676. The van der Waals surface area contributed by atoms with Crippen molar-refractivity contribution < 1.29 is 34.2 Å². The summed E-state index contributed by atoms with van der Waals surface area (Å²) in [5.74, 6) is -0.0320. The van der Waals surface area contributed by atoms with Crippen LogP contribution in [0.15, 0.2) is 48.8 Å². The Kier molecular flexibility index (Phi) is 16.1. The number of rotatable bonds is 20. The molecule has 3 fully saturated rings. The van der Waals surface area contributed by atoms with Crippen LogP contribution in [0.4, 0.5) is 17.3 Å². The molecule has 0 spiro atoms. The van der Waals surface area contributed by atoms with Crippen molar-refractivity contribution in [2.75, 3.05) is 87.6 Å². The number of nitrogens with zero attached hydrogens (tertiary/aromatic N) is 11. The van der Waals surface area contributed by atoms with Gasteiger partial charge in [-0.25, -0.2) is 9.97 Å². The number of piperidine rings is 1. The van der Waals surface area contributed by atoms with Crippen molar-refractivity contribution in [1.82, 2.24) is 55.0 Å². The fourth-order valence-electron chi connectivity index (χ4n) is 10.3. The number of fused-ring (bicyclic) bond motifs is 2. The Hall–Kier alpha value is -6.68. The number of amides is 6. The largest absolute Gasteiger partial charge is 0.412 e. The van der Waals surface area contributed by atoms with Crippen LogP contribution < -0.4 is 25.8 Å². The van der Waals surface area contributed by atoms with E-state index in [1.54, 1.807) is 29.4 Å². The van der Waals surface area contributed by atoms with Crippen molar-refractivity contribution in [1.29, 1.82) is 0 Å². The van der Waals surface area contributed by atoms with Crippen LogP contribution in [0, 0.1) is 0 Å². The third-order valence-corrected chi connectivity index (χ3v) is 14.3. The maximum Gasteiger partial charge on any atom is 0.264 e. The molecule has 3 aromatic heterocycles. The molecule has 378 valence electrons. The third-order valence-electron chi connectivity index (χ3n) is 14.3. The van der Waals surface area contributed by atoms with Gasteiger partial charge in [-0.15, -0.1) is 10.2 Å². The predicted molar refractivity (Wildman–Crippen MR) is 266 cm³/mol. The molecule has 0 bridgehead atoms. The molecule has 0 aliphatic carbocycles. The van der Waals surface area contributed by atoms with Crippen molar-refractivity contribution in [3.05, 3.63) is 76.7 Å². The number of piperazine rings is 1. The van der Waals surface area contributed by atoms with E-state index in [0.29, 0.717) is 73.9 Å². The van der Waals surface area contributed by atoms with Crippen LogP contribution in [0.5, 0.6) is 0 Å². The topological polar surface area (TPSA) is 246 Å². The van der Waals surface area contributed by atoms with Gasteiger partial charge in [-0.05, 0) is 109 Å². The molecule has 1 aromatic carbocycles. The monoisotopic (exact) mass is 975 g/mol. The molecule has 9 rings (SSSR count). The summed E-state index contributed by atoms with van der Waals surface area (Å²) >= 11 is 0. The molecule has 4 aromatic rings. The second-order valence-electron chi connectivity index (χ2n) is 19.1. The second kappa shape index (κ2) is 22.6. The van der Waals surface area contributed by atoms with Gasteiger partial charge >= 0.3 is 0 Å². The van der Waals surface area contributed by atoms with Gasteiger partial charge in [0.2, 0.25) is 17.7 Å².